The number of hydrogen-bond acceptors (Lipinski definition) is 4. The van der Waals surface area contributed by atoms with Crippen LogP contribution in [-0.2, 0) is 11.3 Å². The molecule has 0 atom stereocenters. The predicted octanol–water partition coefficient (Wildman–Crippen LogP) is 4.59. The average molecular weight is 387 g/mol. The number of rotatable bonds is 6. The maximum absolute atomic E-state index is 12.6. The molecule has 0 aliphatic heterocycles. The Morgan fingerprint density at radius 1 is 1.19 bits per heavy atom. The van der Waals surface area contributed by atoms with Gasteiger partial charge in [0.05, 0.1) is 16.8 Å². The second kappa shape index (κ2) is 8.66. The van der Waals surface area contributed by atoms with E-state index in [1.807, 2.05) is 53.1 Å². The molecule has 0 fully saturated rings. The zero-order valence-electron chi connectivity index (χ0n) is 15.1. The van der Waals surface area contributed by atoms with Gasteiger partial charge in [0.2, 0.25) is 0 Å². The maximum atomic E-state index is 12.6. The van der Waals surface area contributed by atoms with Crippen molar-refractivity contribution in [3.8, 4) is 0 Å². The Bertz CT molecular complexity index is 956. The van der Waals surface area contributed by atoms with Gasteiger partial charge in [0.25, 0.3) is 5.91 Å². The van der Waals surface area contributed by atoms with Crippen molar-refractivity contribution in [2.75, 3.05) is 13.7 Å². The second-order valence-corrected chi connectivity index (χ2v) is 8.76. The Morgan fingerprint density at radius 2 is 1.92 bits per heavy atom. The van der Waals surface area contributed by atoms with Crippen LogP contribution < -0.4 is 4.80 Å². The van der Waals surface area contributed by atoms with Crippen LogP contribution in [0.25, 0.3) is 10.2 Å². The molecule has 0 aliphatic carbocycles. The summed E-state index contributed by atoms with van der Waals surface area (Å²) in [5.41, 5.74) is 1.68. The largest absolute Gasteiger partial charge is 0.383 e. The highest BCUT2D eigenvalue weighted by atomic mass is 32.2. The number of hydrogen-bond donors (Lipinski definition) is 0. The highest BCUT2D eigenvalue weighted by molar-refractivity contribution is 7.99. The first-order valence-corrected chi connectivity index (χ1v) is 10.2. The average Bonchev–Trinajstić information content (AvgIpc) is 2.97. The Morgan fingerprint density at radius 3 is 2.62 bits per heavy atom. The van der Waals surface area contributed by atoms with Crippen LogP contribution in [0.15, 0.2) is 58.4 Å². The lowest BCUT2D eigenvalue weighted by molar-refractivity contribution is 0.0997. The molecule has 0 N–H and O–H groups in total. The molecule has 0 radical (unpaired) electrons. The summed E-state index contributed by atoms with van der Waals surface area (Å²) >= 11 is 3.30. The van der Waals surface area contributed by atoms with E-state index in [0.29, 0.717) is 28.8 Å². The summed E-state index contributed by atoms with van der Waals surface area (Å²) in [6.45, 7) is 5.54. The highest BCUT2D eigenvalue weighted by Gasteiger charge is 2.09. The SMILES string of the molecule is COCCn1c(=NC(=O)c2ccc(SC(C)C)cc2)sc2ccccc21. The fourth-order valence-electron chi connectivity index (χ4n) is 2.60. The quantitative estimate of drug-likeness (QED) is 0.582. The molecule has 0 saturated carbocycles. The monoisotopic (exact) mass is 386 g/mol. The van der Waals surface area contributed by atoms with Gasteiger partial charge in [0.1, 0.15) is 0 Å². The van der Waals surface area contributed by atoms with E-state index in [-0.39, 0.29) is 5.91 Å². The van der Waals surface area contributed by atoms with Gasteiger partial charge in [-0.25, -0.2) is 0 Å². The van der Waals surface area contributed by atoms with Crippen molar-refractivity contribution in [1.29, 1.82) is 0 Å². The first kappa shape index (κ1) is 18.9. The number of thioether (sulfide) groups is 1. The molecule has 26 heavy (non-hydrogen) atoms. The molecule has 136 valence electrons. The van der Waals surface area contributed by atoms with Crippen molar-refractivity contribution in [3.05, 3.63) is 58.9 Å². The molecule has 3 aromatic rings. The van der Waals surface area contributed by atoms with Gasteiger partial charge in [-0.1, -0.05) is 37.3 Å². The molecule has 1 amide bonds. The lowest BCUT2D eigenvalue weighted by Gasteiger charge is -2.05. The maximum Gasteiger partial charge on any atom is 0.279 e. The number of thiazole rings is 1. The Labute approximate surface area is 161 Å². The van der Waals surface area contributed by atoms with Crippen LogP contribution >= 0.6 is 23.1 Å². The molecule has 6 heteroatoms. The third-order valence-electron chi connectivity index (χ3n) is 3.78. The minimum Gasteiger partial charge on any atom is -0.383 e. The van der Waals surface area contributed by atoms with Crippen molar-refractivity contribution in [1.82, 2.24) is 4.57 Å². The van der Waals surface area contributed by atoms with E-state index in [2.05, 4.69) is 18.8 Å². The molecule has 3 rings (SSSR count). The van der Waals surface area contributed by atoms with Crippen molar-refractivity contribution < 1.29 is 9.53 Å². The Kier molecular flexibility index (Phi) is 6.29. The first-order chi connectivity index (χ1) is 12.6. The summed E-state index contributed by atoms with van der Waals surface area (Å²) < 4.78 is 8.36. The number of amides is 1. The lowest BCUT2D eigenvalue weighted by Crippen LogP contribution is -2.19. The van der Waals surface area contributed by atoms with Crippen LogP contribution in [0, 0.1) is 0 Å². The minimum atomic E-state index is -0.219. The molecular formula is C20H22N2O2S2. The molecule has 0 bridgehead atoms. The van der Waals surface area contributed by atoms with Gasteiger partial charge in [-0.3, -0.25) is 4.79 Å². The normalized spacial score (nSPS) is 12.2. The topological polar surface area (TPSA) is 43.6 Å². The van der Waals surface area contributed by atoms with Crippen LogP contribution in [0.1, 0.15) is 24.2 Å². The standard InChI is InChI=1S/C20H22N2O2S2/c1-14(2)25-16-10-8-15(9-11-16)19(23)21-20-22(12-13-24-3)17-6-4-5-7-18(17)26-20/h4-11,14H,12-13H2,1-3H3. The molecule has 1 heterocycles. The summed E-state index contributed by atoms with van der Waals surface area (Å²) in [5.74, 6) is -0.219. The van der Waals surface area contributed by atoms with Crippen molar-refractivity contribution in [2.45, 2.75) is 30.5 Å². The number of nitrogens with zero attached hydrogens (tertiary/aromatic N) is 2. The van der Waals surface area contributed by atoms with E-state index in [0.717, 1.165) is 15.1 Å². The fraction of sp³-hybridized carbons (Fsp3) is 0.300. The number of aromatic nitrogens is 1. The number of benzene rings is 2. The van der Waals surface area contributed by atoms with Crippen LogP contribution in [0.5, 0.6) is 0 Å². The van der Waals surface area contributed by atoms with E-state index in [4.69, 9.17) is 4.74 Å². The molecule has 0 unspecified atom stereocenters. The van der Waals surface area contributed by atoms with E-state index in [9.17, 15) is 4.79 Å². The second-order valence-electron chi connectivity index (χ2n) is 6.10. The van der Waals surface area contributed by atoms with E-state index < -0.39 is 0 Å². The van der Waals surface area contributed by atoms with Crippen molar-refractivity contribution in [3.63, 3.8) is 0 Å². The molecule has 2 aromatic carbocycles. The van der Waals surface area contributed by atoms with E-state index >= 15 is 0 Å². The van der Waals surface area contributed by atoms with E-state index in [1.165, 1.54) is 11.3 Å². The summed E-state index contributed by atoms with van der Waals surface area (Å²) in [6.07, 6.45) is 0. The minimum absolute atomic E-state index is 0.219. The van der Waals surface area contributed by atoms with Gasteiger partial charge >= 0.3 is 0 Å². The third-order valence-corrected chi connectivity index (χ3v) is 5.85. The van der Waals surface area contributed by atoms with Crippen LogP contribution in [-0.4, -0.2) is 29.4 Å². The number of carbonyl (C=O) groups is 1. The zero-order valence-corrected chi connectivity index (χ0v) is 16.8. The van der Waals surface area contributed by atoms with Crippen molar-refractivity contribution in [2.24, 2.45) is 4.99 Å². The molecule has 4 nitrogen and oxygen atoms in total. The van der Waals surface area contributed by atoms with Gasteiger partial charge in [0.15, 0.2) is 4.80 Å². The predicted molar refractivity (Wildman–Crippen MR) is 109 cm³/mol. The first-order valence-electron chi connectivity index (χ1n) is 8.51. The smallest absolute Gasteiger partial charge is 0.279 e. The highest BCUT2D eigenvalue weighted by Crippen LogP contribution is 2.23. The van der Waals surface area contributed by atoms with Crippen molar-refractivity contribution >= 4 is 39.2 Å². The number of methoxy groups -OCH3 is 1. The van der Waals surface area contributed by atoms with E-state index in [1.54, 1.807) is 18.9 Å². The summed E-state index contributed by atoms with van der Waals surface area (Å²) in [7, 11) is 1.67. The van der Waals surface area contributed by atoms with Gasteiger partial charge in [0, 0.05) is 29.4 Å². The van der Waals surface area contributed by atoms with Crippen LogP contribution in [0.2, 0.25) is 0 Å². The van der Waals surface area contributed by atoms with Gasteiger partial charge < -0.3 is 9.30 Å². The van der Waals surface area contributed by atoms with Gasteiger partial charge in [-0.05, 0) is 36.4 Å². The molecule has 0 spiro atoms. The number of para-hydroxylation sites is 1. The lowest BCUT2D eigenvalue weighted by atomic mass is 10.2. The molecule has 0 aliphatic rings. The van der Waals surface area contributed by atoms with Crippen LogP contribution in [0.3, 0.4) is 0 Å². The van der Waals surface area contributed by atoms with Gasteiger partial charge in [-0.15, -0.1) is 11.8 Å². The third kappa shape index (κ3) is 4.44. The molecule has 0 saturated heterocycles. The molecule has 1 aromatic heterocycles. The van der Waals surface area contributed by atoms with Crippen LogP contribution in [0.4, 0.5) is 0 Å². The fourth-order valence-corrected chi connectivity index (χ4v) is 4.50. The molecular weight excluding hydrogens is 364 g/mol. The Hall–Kier alpha value is -1.89. The summed E-state index contributed by atoms with van der Waals surface area (Å²) in [6, 6.07) is 15.8. The number of fused-ring (bicyclic) bond motifs is 1. The van der Waals surface area contributed by atoms with Gasteiger partial charge in [-0.2, -0.15) is 4.99 Å². The number of carbonyl (C=O) groups excluding carboxylic acids is 1. The zero-order chi connectivity index (χ0) is 18.5. The Balaban J connectivity index is 1.94. The summed E-state index contributed by atoms with van der Waals surface area (Å²) in [4.78, 5) is 18.9. The summed E-state index contributed by atoms with van der Waals surface area (Å²) in [5, 5.41) is 0.513. The number of ether oxygens (including phenoxy) is 1.